The molecule has 202 valence electrons. The SMILES string of the molecule is COc1ccc(C(=O)N[C@@H](CCC(=O)O)C(=O)c2ccc(OC)c(-c3csc4c(F)cccc34)n2)cc1OC. The third-order valence-electron chi connectivity index (χ3n) is 6.05. The van der Waals surface area contributed by atoms with Crippen molar-refractivity contribution in [1.29, 1.82) is 0 Å². The van der Waals surface area contributed by atoms with Crippen LogP contribution in [-0.2, 0) is 4.79 Å². The molecule has 1 atom stereocenters. The van der Waals surface area contributed by atoms with Crippen LogP contribution in [0.15, 0.2) is 53.9 Å². The quantitative estimate of drug-likeness (QED) is 0.250. The van der Waals surface area contributed by atoms with Gasteiger partial charge in [0.15, 0.2) is 11.5 Å². The summed E-state index contributed by atoms with van der Waals surface area (Å²) in [5, 5.41) is 14.2. The number of aromatic nitrogens is 1. The lowest BCUT2D eigenvalue weighted by Gasteiger charge is -2.18. The Hall–Kier alpha value is -4.51. The number of rotatable bonds is 11. The Kier molecular flexibility index (Phi) is 8.40. The van der Waals surface area contributed by atoms with Crippen LogP contribution < -0.4 is 19.5 Å². The molecule has 2 aromatic heterocycles. The lowest BCUT2D eigenvalue weighted by Crippen LogP contribution is -2.41. The topological polar surface area (TPSA) is 124 Å². The van der Waals surface area contributed by atoms with Crippen molar-refractivity contribution in [1.82, 2.24) is 10.3 Å². The van der Waals surface area contributed by atoms with Gasteiger partial charge in [-0.25, -0.2) is 9.37 Å². The highest BCUT2D eigenvalue weighted by Crippen LogP contribution is 2.38. The molecule has 11 heteroatoms. The number of carboxylic acids is 1. The fraction of sp³-hybridized carbons (Fsp3) is 0.214. The Bertz CT molecular complexity index is 1550. The molecule has 2 aromatic carbocycles. The number of carboxylic acid groups (broad SMARTS) is 1. The van der Waals surface area contributed by atoms with Gasteiger partial charge in [0, 0.05) is 28.3 Å². The molecule has 0 bridgehead atoms. The second kappa shape index (κ2) is 11.9. The standard InChI is InChI=1S/C28H25FN2O7S/c1-36-21-10-7-15(13-23(21)38-3)28(35)31-20(9-12-24(32)33)26(34)19-8-11-22(37-2)25(30-19)17-14-39-27-16(17)5-4-6-18(27)29/h4-8,10-11,13-14,20H,9,12H2,1-3H3,(H,31,35)(H,32,33)/t20-/m0/s1. The molecule has 0 radical (unpaired) electrons. The molecule has 2 N–H and O–H groups in total. The molecule has 0 unspecified atom stereocenters. The van der Waals surface area contributed by atoms with Crippen LogP contribution in [0.5, 0.6) is 17.2 Å². The second-order valence-corrected chi connectivity index (χ2v) is 9.29. The summed E-state index contributed by atoms with van der Waals surface area (Å²) in [6.45, 7) is 0. The van der Waals surface area contributed by atoms with Gasteiger partial charge in [-0.15, -0.1) is 11.3 Å². The summed E-state index contributed by atoms with van der Waals surface area (Å²) in [4.78, 5) is 42.4. The first-order valence-corrected chi connectivity index (χ1v) is 12.6. The van der Waals surface area contributed by atoms with Gasteiger partial charge in [-0.2, -0.15) is 0 Å². The van der Waals surface area contributed by atoms with Crippen LogP contribution in [0.2, 0.25) is 0 Å². The van der Waals surface area contributed by atoms with Gasteiger partial charge < -0.3 is 24.6 Å². The highest BCUT2D eigenvalue weighted by Gasteiger charge is 2.27. The van der Waals surface area contributed by atoms with Gasteiger partial charge in [-0.3, -0.25) is 14.4 Å². The monoisotopic (exact) mass is 552 g/mol. The number of benzene rings is 2. The maximum Gasteiger partial charge on any atom is 0.303 e. The van der Waals surface area contributed by atoms with Crippen LogP contribution >= 0.6 is 11.3 Å². The maximum absolute atomic E-state index is 14.3. The van der Waals surface area contributed by atoms with E-state index in [9.17, 15) is 23.9 Å². The summed E-state index contributed by atoms with van der Waals surface area (Å²) in [6.07, 6.45) is -0.525. The zero-order valence-electron chi connectivity index (χ0n) is 21.3. The molecular weight excluding hydrogens is 527 g/mol. The number of hydrogen-bond acceptors (Lipinski definition) is 8. The van der Waals surface area contributed by atoms with Crippen LogP contribution in [-0.4, -0.2) is 55.1 Å². The average Bonchev–Trinajstić information content (AvgIpc) is 3.39. The molecule has 0 spiro atoms. The molecule has 0 saturated carbocycles. The minimum absolute atomic E-state index is 0.00967. The van der Waals surface area contributed by atoms with Gasteiger partial charge >= 0.3 is 5.97 Å². The minimum Gasteiger partial charge on any atom is -0.494 e. The van der Waals surface area contributed by atoms with Gasteiger partial charge in [0.2, 0.25) is 5.78 Å². The van der Waals surface area contributed by atoms with Crippen LogP contribution in [0.1, 0.15) is 33.7 Å². The lowest BCUT2D eigenvalue weighted by atomic mass is 10.0. The molecule has 1 amide bonds. The number of pyridine rings is 1. The van der Waals surface area contributed by atoms with E-state index >= 15 is 0 Å². The van der Waals surface area contributed by atoms with Crippen molar-refractivity contribution in [3.05, 3.63) is 71.0 Å². The van der Waals surface area contributed by atoms with E-state index in [4.69, 9.17) is 14.2 Å². The lowest BCUT2D eigenvalue weighted by molar-refractivity contribution is -0.137. The first-order valence-electron chi connectivity index (χ1n) is 11.8. The van der Waals surface area contributed by atoms with E-state index in [1.165, 1.54) is 56.9 Å². The third kappa shape index (κ3) is 5.83. The van der Waals surface area contributed by atoms with Gasteiger partial charge in [-0.05, 0) is 42.8 Å². The first kappa shape index (κ1) is 27.5. The van der Waals surface area contributed by atoms with E-state index in [2.05, 4.69) is 10.3 Å². The van der Waals surface area contributed by atoms with Crippen molar-refractivity contribution in [2.24, 2.45) is 0 Å². The Morgan fingerprint density at radius 1 is 1.00 bits per heavy atom. The van der Waals surface area contributed by atoms with E-state index in [1.807, 2.05) is 0 Å². The van der Waals surface area contributed by atoms with Crippen LogP contribution in [0.25, 0.3) is 21.3 Å². The number of hydrogen-bond donors (Lipinski definition) is 2. The summed E-state index contributed by atoms with van der Waals surface area (Å²) in [5.41, 5.74) is 1.08. The number of nitrogens with one attached hydrogen (secondary N) is 1. The van der Waals surface area contributed by atoms with E-state index < -0.39 is 23.7 Å². The van der Waals surface area contributed by atoms with Crippen molar-refractivity contribution in [3.8, 4) is 28.5 Å². The summed E-state index contributed by atoms with van der Waals surface area (Å²) in [6, 6.07) is 11.0. The molecule has 0 aliphatic rings. The number of halogens is 1. The smallest absolute Gasteiger partial charge is 0.303 e. The number of aliphatic carboxylic acids is 1. The van der Waals surface area contributed by atoms with E-state index in [-0.39, 0.29) is 29.9 Å². The summed E-state index contributed by atoms with van der Waals surface area (Å²) < 4.78 is 30.6. The Morgan fingerprint density at radius 3 is 2.41 bits per heavy atom. The number of nitrogens with zero attached hydrogens (tertiary/aromatic N) is 1. The fourth-order valence-corrected chi connectivity index (χ4v) is 5.04. The van der Waals surface area contributed by atoms with Gasteiger partial charge in [0.05, 0.1) is 32.1 Å². The summed E-state index contributed by atoms with van der Waals surface area (Å²) in [5.74, 6) is -1.58. The average molecular weight is 553 g/mol. The number of fused-ring (bicyclic) bond motifs is 1. The van der Waals surface area contributed by atoms with E-state index in [0.29, 0.717) is 38.6 Å². The molecule has 39 heavy (non-hydrogen) atoms. The van der Waals surface area contributed by atoms with Crippen molar-refractivity contribution in [2.45, 2.75) is 18.9 Å². The number of methoxy groups -OCH3 is 3. The highest BCUT2D eigenvalue weighted by molar-refractivity contribution is 7.17. The zero-order valence-corrected chi connectivity index (χ0v) is 22.1. The van der Waals surface area contributed by atoms with Gasteiger partial charge in [-0.1, -0.05) is 12.1 Å². The minimum atomic E-state index is -1.19. The van der Waals surface area contributed by atoms with Crippen molar-refractivity contribution in [2.75, 3.05) is 21.3 Å². The molecule has 9 nitrogen and oxygen atoms in total. The first-order chi connectivity index (χ1) is 18.8. The van der Waals surface area contributed by atoms with Crippen LogP contribution in [0.4, 0.5) is 4.39 Å². The maximum atomic E-state index is 14.3. The third-order valence-corrected chi connectivity index (χ3v) is 7.06. The Morgan fingerprint density at radius 2 is 1.72 bits per heavy atom. The zero-order chi connectivity index (χ0) is 28.1. The Balaban J connectivity index is 1.69. The van der Waals surface area contributed by atoms with Crippen molar-refractivity contribution >= 4 is 39.1 Å². The number of amides is 1. The highest BCUT2D eigenvalue weighted by atomic mass is 32.1. The largest absolute Gasteiger partial charge is 0.494 e. The molecule has 0 aliphatic carbocycles. The van der Waals surface area contributed by atoms with Gasteiger partial charge in [0.1, 0.15) is 23.0 Å². The van der Waals surface area contributed by atoms with Crippen molar-refractivity contribution < 1.29 is 38.1 Å². The van der Waals surface area contributed by atoms with Crippen molar-refractivity contribution in [3.63, 3.8) is 0 Å². The molecular formula is C28H25FN2O7S. The second-order valence-electron chi connectivity index (χ2n) is 8.41. The number of carbonyl (C=O) groups is 3. The molecule has 0 fully saturated rings. The predicted octanol–water partition coefficient (Wildman–Crippen LogP) is 4.97. The number of Topliss-reactive ketones (excluding diaryl/α,β-unsaturated/α-hetero) is 1. The molecule has 0 aliphatic heterocycles. The summed E-state index contributed by atoms with van der Waals surface area (Å²) >= 11 is 1.20. The molecule has 2 heterocycles. The number of ketones is 1. The fourth-order valence-electron chi connectivity index (χ4n) is 4.08. The van der Waals surface area contributed by atoms with E-state index in [0.717, 1.165) is 0 Å². The molecule has 4 aromatic rings. The van der Waals surface area contributed by atoms with Crippen LogP contribution in [0, 0.1) is 5.82 Å². The normalized spacial score (nSPS) is 11.6. The Labute approximate surface area is 227 Å². The van der Waals surface area contributed by atoms with Gasteiger partial charge in [0.25, 0.3) is 5.91 Å². The number of carbonyl (C=O) groups excluding carboxylic acids is 2. The predicted molar refractivity (Wildman–Crippen MR) is 144 cm³/mol. The molecule has 4 rings (SSSR count). The van der Waals surface area contributed by atoms with E-state index in [1.54, 1.807) is 29.6 Å². The summed E-state index contributed by atoms with van der Waals surface area (Å²) in [7, 11) is 4.34. The number of thiophene rings is 1. The molecule has 0 saturated heterocycles. The van der Waals surface area contributed by atoms with Crippen LogP contribution in [0.3, 0.4) is 0 Å². The number of ether oxygens (including phenoxy) is 3.